The van der Waals surface area contributed by atoms with Crippen molar-refractivity contribution in [1.29, 1.82) is 0 Å². The van der Waals surface area contributed by atoms with Crippen molar-refractivity contribution >= 4 is 0 Å². The van der Waals surface area contributed by atoms with Gasteiger partial charge in [-0.2, -0.15) is 0 Å². The molecular weight excluding hydrogens is 186 g/mol. The van der Waals surface area contributed by atoms with Gasteiger partial charge in [-0.3, -0.25) is 4.90 Å². The Balaban J connectivity index is 3.03. The third kappa shape index (κ3) is 2.07. The molecule has 2 heteroatoms. The van der Waals surface area contributed by atoms with Gasteiger partial charge in [0.2, 0.25) is 0 Å². The quantitative estimate of drug-likeness (QED) is 0.714. The van der Waals surface area contributed by atoms with Crippen LogP contribution in [0.5, 0.6) is 0 Å². The number of hydrogen-bond acceptors (Lipinski definition) is 2. The fraction of sp³-hybridized carbons (Fsp3) is 1.00. The molecule has 15 heavy (non-hydrogen) atoms. The Morgan fingerprint density at radius 2 is 1.53 bits per heavy atom. The Kier molecular flexibility index (Phi) is 3.83. The Morgan fingerprint density at radius 1 is 1.07 bits per heavy atom. The van der Waals surface area contributed by atoms with Gasteiger partial charge in [0.25, 0.3) is 0 Å². The average Bonchev–Trinajstić information content (AvgIpc) is 2.43. The van der Waals surface area contributed by atoms with Crippen molar-refractivity contribution in [1.82, 2.24) is 4.90 Å². The minimum absolute atomic E-state index is 0.0619. The summed E-state index contributed by atoms with van der Waals surface area (Å²) in [5, 5.41) is 0. The number of rotatable bonds is 3. The maximum absolute atomic E-state index is 6.27. The normalized spacial score (nSPS) is 27.2. The zero-order valence-corrected chi connectivity index (χ0v) is 11.4. The molecule has 1 aliphatic rings. The van der Waals surface area contributed by atoms with Crippen molar-refractivity contribution < 1.29 is 4.74 Å². The maximum Gasteiger partial charge on any atom is 0.127 e. The minimum atomic E-state index is -0.0619. The van der Waals surface area contributed by atoms with Gasteiger partial charge in [0.05, 0.1) is 6.10 Å². The summed E-state index contributed by atoms with van der Waals surface area (Å²) in [5.41, 5.74) is -0.0619. The van der Waals surface area contributed by atoms with Crippen LogP contribution in [0.1, 0.15) is 48.5 Å². The molecule has 1 saturated heterocycles. The fourth-order valence-corrected chi connectivity index (χ4v) is 3.06. The molecule has 0 radical (unpaired) electrons. The summed E-state index contributed by atoms with van der Waals surface area (Å²) in [6.07, 6.45) is 0.359. The first-order valence-electron chi connectivity index (χ1n) is 6.26. The first-order valence-corrected chi connectivity index (χ1v) is 6.26. The fourth-order valence-electron chi connectivity index (χ4n) is 3.06. The highest BCUT2D eigenvalue weighted by molar-refractivity contribution is 4.95. The molecule has 0 spiro atoms. The lowest BCUT2D eigenvalue weighted by molar-refractivity contribution is -0.171. The van der Waals surface area contributed by atoms with Gasteiger partial charge >= 0.3 is 0 Å². The highest BCUT2D eigenvalue weighted by atomic mass is 16.5. The lowest BCUT2D eigenvalue weighted by Crippen LogP contribution is -2.55. The maximum atomic E-state index is 6.27. The van der Waals surface area contributed by atoms with Crippen LogP contribution in [0.2, 0.25) is 0 Å². The van der Waals surface area contributed by atoms with E-state index in [1.807, 2.05) is 0 Å². The van der Waals surface area contributed by atoms with Crippen LogP contribution in [0.3, 0.4) is 0 Å². The second kappa shape index (κ2) is 4.42. The summed E-state index contributed by atoms with van der Waals surface area (Å²) >= 11 is 0. The van der Waals surface area contributed by atoms with Gasteiger partial charge in [0.15, 0.2) is 0 Å². The molecule has 1 atom stereocenters. The third-order valence-electron chi connectivity index (χ3n) is 3.57. The number of hydrogen-bond donors (Lipinski definition) is 0. The molecule has 1 aliphatic heterocycles. The van der Waals surface area contributed by atoms with E-state index in [0.717, 1.165) is 6.54 Å². The van der Waals surface area contributed by atoms with E-state index in [1.165, 1.54) is 0 Å². The van der Waals surface area contributed by atoms with Crippen LogP contribution in [0.4, 0.5) is 0 Å². The lowest BCUT2D eigenvalue weighted by atomic mass is 9.86. The molecule has 1 heterocycles. The molecule has 1 rings (SSSR count). The van der Waals surface area contributed by atoms with Crippen LogP contribution < -0.4 is 0 Å². The van der Waals surface area contributed by atoms with Crippen molar-refractivity contribution in [2.45, 2.75) is 66.3 Å². The van der Waals surface area contributed by atoms with E-state index >= 15 is 0 Å². The Hall–Kier alpha value is -0.0800. The van der Waals surface area contributed by atoms with Crippen LogP contribution in [-0.2, 0) is 4.74 Å². The van der Waals surface area contributed by atoms with Crippen LogP contribution in [-0.4, -0.2) is 29.3 Å². The van der Waals surface area contributed by atoms with Crippen molar-refractivity contribution in [2.24, 2.45) is 11.8 Å². The Bertz CT molecular complexity index is 203. The van der Waals surface area contributed by atoms with E-state index in [0.29, 0.717) is 24.0 Å². The van der Waals surface area contributed by atoms with Gasteiger partial charge in [0, 0.05) is 12.6 Å². The van der Waals surface area contributed by atoms with Crippen LogP contribution in [0.15, 0.2) is 0 Å². The average molecular weight is 213 g/mol. The second-order valence-corrected chi connectivity index (χ2v) is 5.74. The standard InChI is InChI=1S/C13H27NO/c1-9(2)13(10(3)4)14(11(5)6)8-12(7)15-13/h9-12H,8H2,1-7H3/t12-/m0/s1. The van der Waals surface area contributed by atoms with E-state index in [9.17, 15) is 0 Å². The highest BCUT2D eigenvalue weighted by Crippen LogP contribution is 2.41. The topological polar surface area (TPSA) is 12.5 Å². The molecule has 0 aliphatic carbocycles. The van der Waals surface area contributed by atoms with Crippen LogP contribution >= 0.6 is 0 Å². The van der Waals surface area contributed by atoms with Gasteiger partial charge in [-0.1, -0.05) is 27.7 Å². The van der Waals surface area contributed by atoms with E-state index in [1.54, 1.807) is 0 Å². The first-order chi connectivity index (χ1) is 6.82. The molecule has 1 fully saturated rings. The molecule has 0 bridgehead atoms. The minimum Gasteiger partial charge on any atom is -0.356 e. The molecule has 90 valence electrons. The molecule has 0 aromatic rings. The third-order valence-corrected chi connectivity index (χ3v) is 3.57. The predicted octanol–water partition coefficient (Wildman–Crippen LogP) is 3.12. The molecule has 2 nitrogen and oxygen atoms in total. The molecule has 0 aromatic heterocycles. The Morgan fingerprint density at radius 3 is 1.80 bits per heavy atom. The zero-order valence-electron chi connectivity index (χ0n) is 11.4. The summed E-state index contributed by atoms with van der Waals surface area (Å²) < 4.78 is 6.27. The molecule has 0 N–H and O–H groups in total. The van der Waals surface area contributed by atoms with Crippen LogP contribution in [0.25, 0.3) is 0 Å². The summed E-state index contributed by atoms with van der Waals surface area (Å²) in [6.45, 7) is 16.9. The molecule has 0 unspecified atom stereocenters. The van der Waals surface area contributed by atoms with Gasteiger partial charge in [-0.05, 0) is 32.6 Å². The van der Waals surface area contributed by atoms with E-state index < -0.39 is 0 Å². The second-order valence-electron chi connectivity index (χ2n) is 5.74. The summed E-state index contributed by atoms with van der Waals surface area (Å²) in [5.74, 6) is 1.06. The van der Waals surface area contributed by atoms with Gasteiger partial charge in [-0.15, -0.1) is 0 Å². The van der Waals surface area contributed by atoms with E-state index in [4.69, 9.17) is 4.74 Å². The molecular formula is C13H27NO. The van der Waals surface area contributed by atoms with E-state index in [-0.39, 0.29) is 5.72 Å². The largest absolute Gasteiger partial charge is 0.356 e. The Labute approximate surface area is 95.0 Å². The highest BCUT2D eigenvalue weighted by Gasteiger charge is 2.50. The SMILES string of the molecule is CC(C)N1C[C@H](C)OC1(C(C)C)C(C)C. The summed E-state index contributed by atoms with van der Waals surface area (Å²) in [4.78, 5) is 2.53. The lowest BCUT2D eigenvalue weighted by Gasteiger charge is -2.45. The van der Waals surface area contributed by atoms with Crippen molar-refractivity contribution in [3.05, 3.63) is 0 Å². The van der Waals surface area contributed by atoms with Gasteiger partial charge in [0.1, 0.15) is 5.72 Å². The smallest absolute Gasteiger partial charge is 0.127 e. The van der Waals surface area contributed by atoms with Gasteiger partial charge < -0.3 is 4.74 Å². The number of nitrogens with zero attached hydrogens (tertiary/aromatic N) is 1. The van der Waals surface area contributed by atoms with Gasteiger partial charge in [-0.25, -0.2) is 0 Å². The van der Waals surface area contributed by atoms with Crippen LogP contribution in [0, 0.1) is 11.8 Å². The van der Waals surface area contributed by atoms with Crippen molar-refractivity contribution in [2.75, 3.05) is 6.54 Å². The summed E-state index contributed by atoms with van der Waals surface area (Å²) in [6, 6.07) is 0.555. The summed E-state index contributed by atoms with van der Waals surface area (Å²) in [7, 11) is 0. The first kappa shape index (κ1) is 13.0. The molecule has 0 amide bonds. The zero-order chi connectivity index (χ0) is 11.8. The van der Waals surface area contributed by atoms with Crippen molar-refractivity contribution in [3.8, 4) is 0 Å². The van der Waals surface area contributed by atoms with E-state index in [2.05, 4.69) is 53.4 Å². The monoisotopic (exact) mass is 213 g/mol. The van der Waals surface area contributed by atoms with Crippen molar-refractivity contribution in [3.63, 3.8) is 0 Å². The number of ether oxygens (including phenoxy) is 1. The molecule has 0 saturated carbocycles. The molecule has 0 aromatic carbocycles. The predicted molar refractivity (Wildman–Crippen MR) is 64.8 cm³/mol.